The first kappa shape index (κ1) is 22.2. The van der Waals surface area contributed by atoms with Crippen molar-refractivity contribution in [3.8, 4) is 11.5 Å². The van der Waals surface area contributed by atoms with Crippen molar-refractivity contribution in [1.29, 1.82) is 0 Å². The summed E-state index contributed by atoms with van der Waals surface area (Å²) in [4.78, 5) is 16.2. The summed E-state index contributed by atoms with van der Waals surface area (Å²) in [5.41, 5.74) is 0.857. The van der Waals surface area contributed by atoms with E-state index < -0.39 is 11.7 Å². The fraction of sp³-hybridized carbons (Fsp3) is 0.667. The molecule has 4 heterocycles. The summed E-state index contributed by atoms with van der Waals surface area (Å²) in [6, 6.07) is 4.23. The van der Waals surface area contributed by atoms with Gasteiger partial charge in [-0.15, -0.1) is 0 Å². The Morgan fingerprint density at radius 2 is 1.85 bits per heavy atom. The average molecular weight is 470 g/mol. The van der Waals surface area contributed by atoms with Crippen LogP contribution in [0.15, 0.2) is 24.0 Å². The van der Waals surface area contributed by atoms with E-state index in [0.29, 0.717) is 6.42 Å². The molecule has 1 aromatic carbocycles. The van der Waals surface area contributed by atoms with Crippen LogP contribution in [-0.4, -0.2) is 60.7 Å². The van der Waals surface area contributed by atoms with Crippen LogP contribution in [0, 0.1) is 0 Å². The van der Waals surface area contributed by atoms with E-state index in [2.05, 4.69) is 23.1 Å². The van der Waals surface area contributed by atoms with Gasteiger partial charge in [0.05, 0.1) is 24.2 Å². The van der Waals surface area contributed by atoms with Crippen molar-refractivity contribution < 1.29 is 28.5 Å². The number of fused-ring (bicyclic) bond motifs is 3. The third-order valence-electron chi connectivity index (χ3n) is 8.56. The van der Waals surface area contributed by atoms with Gasteiger partial charge in [-0.1, -0.05) is 0 Å². The van der Waals surface area contributed by atoms with E-state index in [1.165, 1.54) is 11.1 Å². The SMILES string of the molecule is COC1=CC23CCCN2CCc2cc4c(cc2[C@@H]3C1OC(=O)[C@]1(C)CCCC(C)(C)O1)OCO4. The van der Waals surface area contributed by atoms with Crippen molar-refractivity contribution in [2.24, 2.45) is 0 Å². The molecule has 1 aromatic rings. The van der Waals surface area contributed by atoms with Crippen LogP contribution in [0.5, 0.6) is 11.5 Å². The molecule has 0 bridgehead atoms. The lowest BCUT2D eigenvalue weighted by atomic mass is 9.77. The van der Waals surface area contributed by atoms with E-state index in [1.807, 2.05) is 20.8 Å². The topological polar surface area (TPSA) is 66.5 Å². The number of carbonyl (C=O) groups is 1. The Morgan fingerprint density at radius 3 is 2.62 bits per heavy atom. The van der Waals surface area contributed by atoms with Crippen molar-refractivity contribution in [1.82, 2.24) is 4.90 Å². The lowest BCUT2D eigenvalue weighted by molar-refractivity contribution is -0.207. The Bertz CT molecular complexity index is 1050. The molecule has 2 fully saturated rings. The van der Waals surface area contributed by atoms with Crippen LogP contribution in [0.1, 0.15) is 69.9 Å². The van der Waals surface area contributed by atoms with Crippen LogP contribution in [0.2, 0.25) is 0 Å². The third kappa shape index (κ3) is 3.27. The van der Waals surface area contributed by atoms with E-state index in [1.54, 1.807) is 7.11 Å². The minimum Gasteiger partial charge on any atom is -0.497 e. The van der Waals surface area contributed by atoms with Crippen LogP contribution in [0.4, 0.5) is 0 Å². The highest BCUT2D eigenvalue weighted by atomic mass is 16.7. The minimum absolute atomic E-state index is 0.0684. The zero-order chi connectivity index (χ0) is 23.7. The van der Waals surface area contributed by atoms with Gasteiger partial charge < -0.3 is 23.7 Å². The highest BCUT2D eigenvalue weighted by Crippen LogP contribution is 2.56. The van der Waals surface area contributed by atoms with E-state index in [4.69, 9.17) is 23.7 Å². The zero-order valence-electron chi connectivity index (χ0n) is 20.6. The molecular formula is C27H35NO6. The van der Waals surface area contributed by atoms with Gasteiger partial charge in [-0.2, -0.15) is 0 Å². The second-order valence-corrected chi connectivity index (χ2v) is 11.2. The number of hydrogen-bond acceptors (Lipinski definition) is 7. The highest BCUT2D eigenvalue weighted by Gasteiger charge is 2.59. The molecule has 6 rings (SSSR count). The van der Waals surface area contributed by atoms with Crippen LogP contribution in [0.3, 0.4) is 0 Å². The molecule has 1 aliphatic carbocycles. The van der Waals surface area contributed by atoms with Crippen LogP contribution < -0.4 is 9.47 Å². The molecule has 0 radical (unpaired) electrons. The fourth-order valence-electron chi connectivity index (χ4n) is 7.04. The molecular weight excluding hydrogens is 434 g/mol. The van der Waals surface area contributed by atoms with Gasteiger partial charge in [-0.3, -0.25) is 4.90 Å². The van der Waals surface area contributed by atoms with Gasteiger partial charge in [0.2, 0.25) is 6.79 Å². The van der Waals surface area contributed by atoms with Gasteiger partial charge in [0.15, 0.2) is 23.2 Å². The molecule has 7 nitrogen and oxygen atoms in total. The number of benzene rings is 1. The maximum absolute atomic E-state index is 13.7. The predicted molar refractivity (Wildman–Crippen MR) is 125 cm³/mol. The number of rotatable bonds is 3. The molecule has 4 atom stereocenters. The van der Waals surface area contributed by atoms with E-state index in [-0.39, 0.29) is 29.8 Å². The predicted octanol–water partition coefficient (Wildman–Crippen LogP) is 4.08. The first-order valence-electron chi connectivity index (χ1n) is 12.6. The smallest absolute Gasteiger partial charge is 0.338 e. The zero-order valence-corrected chi connectivity index (χ0v) is 20.6. The van der Waals surface area contributed by atoms with Gasteiger partial charge in [0.1, 0.15) is 5.76 Å². The van der Waals surface area contributed by atoms with Crippen molar-refractivity contribution in [3.05, 3.63) is 35.1 Å². The molecule has 0 aromatic heterocycles. The number of nitrogens with zero attached hydrogens (tertiary/aromatic N) is 1. The monoisotopic (exact) mass is 469 g/mol. The average Bonchev–Trinajstić information content (AvgIpc) is 3.46. The Hall–Kier alpha value is -2.25. The molecule has 2 unspecified atom stereocenters. The molecule has 0 saturated carbocycles. The number of ether oxygens (including phenoxy) is 5. The van der Waals surface area contributed by atoms with Crippen LogP contribution >= 0.6 is 0 Å². The van der Waals surface area contributed by atoms with Gasteiger partial charge in [0, 0.05) is 6.54 Å². The Balaban J connectivity index is 1.41. The summed E-state index contributed by atoms with van der Waals surface area (Å²) >= 11 is 0. The Labute approximate surface area is 201 Å². The van der Waals surface area contributed by atoms with Gasteiger partial charge in [-0.05, 0) is 95.2 Å². The largest absolute Gasteiger partial charge is 0.497 e. The van der Waals surface area contributed by atoms with Crippen molar-refractivity contribution in [2.75, 3.05) is 27.0 Å². The van der Waals surface area contributed by atoms with Crippen molar-refractivity contribution >= 4 is 5.97 Å². The molecule has 5 aliphatic rings. The van der Waals surface area contributed by atoms with Gasteiger partial charge in [-0.25, -0.2) is 4.79 Å². The second-order valence-electron chi connectivity index (χ2n) is 11.2. The first-order chi connectivity index (χ1) is 16.2. The van der Waals surface area contributed by atoms with Crippen molar-refractivity contribution in [2.45, 2.75) is 88.1 Å². The second kappa shape index (κ2) is 7.62. The standard InChI is InChI=1S/C27H35NO6/c1-25(2)8-5-9-26(3,34-25)24(29)33-23-21(30-4)15-27-10-6-11-28(27)12-7-17-13-19-20(32-16-31-19)14-18(17)22(23)27/h13-15,22-23H,5-12,16H2,1-4H3/t22-,23?,26+,27?/m1/s1. The van der Waals surface area contributed by atoms with Gasteiger partial charge in [0.25, 0.3) is 0 Å². The molecule has 4 aliphatic heterocycles. The molecule has 1 spiro atoms. The van der Waals surface area contributed by atoms with E-state index >= 15 is 0 Å². The molecule has 0 N–H and O–H groups in total. The summed E-state index contributed by atoms with van der Waals surface area (Å²) in [5, 5.41) is 0. The fourth-order valence-corrected chi connectivity index (χ4v) is 7.04. The number of hydrogen-bond donors (Lipinski definition) is 0. The number of esters is 1. The molecule has 2 saturated heterocycles. The Morgan fingerprint density at radius 1 is 1.06 bits per heavy atom. The number of methoxy groups -OCH3 is 1. The third-order valence-corrected chi connectivity index (χ3v) is 8.56. The molecule has 0 amide bonds. The lowest BCUT2D eigenvalue weighted by Crippen LogP contribution is -2.52. The van der Waals surface area contributed by atoms with Crippen molar-refractivity contribution in [3.63, 3.8) is 0 Å². The quantitative estimate of drug-likeness (QED) is 0.618. The summed E-state index contributed by atoms with van der Waals surface area (Å²) < 4.78 is 30.0. The minimum atomic E-state index is -0.964. The number of carbonyl (C=O) groups excluding carboxylic acids is 1. The summed E-state index contributed by atoms with van der Waals surface area (Å²) in [7, 11) is 1.68. The summed E-state index contributed by atoms with van der Waals surface area (Å²) in [6.45, 7) is 8.18. The van der Waals surface area contributed by atoms with Crippen LogP contribution in [-0.2, 0) is 25.4 Å². The highest BCUT2D eigenvalue weighted by molar-refractivity contribution is 5.80. The molecule has 7 heteroatoms. The maximum Gasteiger partial charge on any atom is 0.338 e. The lowest BCUT2D eigenvalue weighted by Gasteiger charge is -2.43. The van der Waals surface area contributed by atoms with E-state index in [0.717, 1.165) is 62.5 Å². The molecule has 34 heavy (non-hydrogen) atoms. The summed E-state index contributed by atoms with van der Waals surface area (Å²) in [6.07, 6.45) is 7.29. The molecule has 184 valence electrons. The first-order valence-corrected chi connectivity index (χ1v) is 12.6. The van der Waals surface area contributed by atoms with Crippen LogP contribution in [0.25, 0.3) is 0 Å². The Kier molecular flexibility index (Phi) is 4.98. The van der Waals surface area contributed by atoms with Gasteiger partial charge >= 0.3 is 5.97 Å². The maximum atomic E-state index is 13.7. The normalized spacial score (nSPS) is 35.6. The van der Waals surface area contributed by atoms with E-state index in [9.17, 15) is 4.79 Å². The summed E-state index contributed by atoms with van der Waals surface area (Å²) in [5.74, 6) is 1.92.